The van der Waals surface area contributed by atoms with Gasteiger partial charge in [0.1, 0.15) is 11.3 Å². The summed E-state index contributed by atoms with van der Waals surface area (Å²) in [6.07, 6.45) is 4.75. The number of aromatic nitrogens is 2. The minimum absolute atomic E-state index is 0.0385. The Balaban J connectivity index is 1.30. The molecule has 1 aliphatic carbocycles. The van der Waals surface area contributed by atoms with Gasteiger partial charge in [0, 0.05) is 37.3 Å². The lowest BCUT2D eigenvalue weighted by atomic mass is 9.84. The summed E-state index contributed by atoms with van der Waals surface area (Å²) in [5, 5.41) is 27.5. The number of carbonyl (C=O) groups excluding carboxylic acids is 2. The van der Waals surface area contributed by atoms with E-state index in [0.29, 0.717) is 32.5 Å². The minimum Gasteiger partial charge on any atom is -0.507 e. The summed E-state index contributed by atoms with van der Waals surface area (Å²) in [7, 11) is 0. The molecule has 0 atom stereocenters. The smallest absolute Gasteiger partial charge is 0.254 e. The fourth-order valence-electron chi connectivity index (χ4n) is 5.01. The first kappa shape index (κ1) is 24.5. The van der Waals surface area contributed by atoms with Gasteiger partial charge in [-0.2, -0.15) is 10.4 Å². The molecule has 0 spiro atoms. The molecule has 4 N–H and O–H groups in total. The van der Waals surface area contributed by atoms with Gasteiger partial charge in [-0.25, -0.2) is 0 Å². The zero-order valence-electron chi connectivity index (χ0n) is 20.6. The number of nitriles is 1. The minimum atomic E-state index is -0.666. The molecule has 0 radical (unpaired) electrons. The average Bonchev–Trinajstić information content (AvgIpc) is 3.66. The monoisotopic (exact) mass is 498 g/mol. The predicted octanol–water partition coefficient (Wildman–Crippen LogP) is 3.61. The number of amides is 2. The highest BCUT2D eigenvalue weighted by atomic mass is 16.3. The van der Waals surface area contributed by atoms with Crippen molar-refractivity contribution in [1.82, 2.24) is 14.7 Å². The van der Waals surface area contributed by atoms with Crippen molar-refractivity contribution in [3.05, 3.63) is 65.9 Å². The molecule has 37 heavy (non-hydrogen) atoms. The lowest BCUT2D eigenvalue weighted by molar-refractivity contribution is -0.117. The molecule has 5 rings (SSSR count). The number of phenols is 1. The molecule has 2 amide bonds. The van der Waals surface area contributed by atoms with Crippen LogP contribution >= 0.6 is 0 Å². The molecule has 0 bridgehead atoms. The van der Waals surface area contributed by atoms with Gasteiger partial charge in [0.05, 0.1) is 18.0 Å². The number of nitrogens with one attached hydrogen (secondary N) is 1. The highest BCUT2D eigenvalue weighted by Gasteiger charge is 2.39. The van der Waals surface area contributed by atoms with Crippen molar-refractivity contribution < 1.29 is 14.7 Å². The number of aromatic hydroxyl groups is 1. The Hall–Kier alpha value is -4.16. The first-order valence-electron chi connectivity index (χ1n) is 12.6. The number of carbonyl (C=O) groups is 2. The van der Waals surface area contributed by atoms with E-state index in [1.807, 2.05) is 42.5 Å². The number of phenolic OH excluding ortho intramolecular Hbond substituents is 1. The molecule has 3 aromatic rings. The van der Waals surface area contributed by atoms with E-state index in [2.05, 4.69) is 21.4 Å². The van der Waals surface area contributed by atoms with Crippen molar-refractivity contribution in [1.29, 1.82) is 5.26 Å². The topological polar surface area (TPSA) is 137 Å². The number of piperidine rings is 1. The summed E-state index contributed by atoms with van der Waals surface area (Å²) in [6.45, 7) is 2.08. The molecule has 9 heteroatoms. The number of nitrogens with two attached hydrogens (primary N) is 1. The Morgan fingerprint density at radius 3 is 2.51 bits per heavy atom. The van der Waals surface area contributed by atoms with Crippen LogP contribution in [0.5, 0.6) is 5.75 Å². The van der Waals surface area contributed by atoms with E-state index in [4.69, 9.17) is 5.73 Å². The van der Waals surface area contributed by atoms with Gasteiger partial charge in [0.15, 0.2) is 5.82 Å². The van der Waals surface area contributed by atoms with Gasteiger partial charge in [-0.15, -0.1) is 0 Å². The van der Waals surface area contributed by atoms with Gasteiger partial charge in [0.25, 0.3) is 5.91 Å². The van der Waals surface area contributed by atoms with Crippen molar-refractivity contribution in [3.8, 4) is 22.9 Å². The highest BCUT2D eigenvalue weighted by molar-refractivity contribution is 6.02. The number of benzene rings is 2. The Bertz CT molecular complexity index is 1350. The lowest BCUT2D eigenvalue weighted by Crippen LogP contribution is -2.46. The van der Waals surface area contributed by atoms with E-state index in [-0.39, 0.29) is 35.4 Å². The summed E-state index contributed by atoms with van der Waals surface area (Å²) in [4.78, 5) is 26.6. The van der Waals surface area contributed by atoms with Crippen LogP contribution in [0.2, 0.25) is 0 Å². The molecule has 190 valence electrons. The van der Waals surface area contributed by atoms with Crippen LogP contribution in [0.4, 0.5) is 5.82 Å². The second kappa shape index (κ2) is 10.1. The van der Waals surface area contributed by atoms with Crippen LogP contribution in [-0.2, 0) is 16.9 Å². The number of anilines is 1. The summed E-state index contributed by atoms with van der Waals surface area (Å²) in [6, 6.07) is 17.8. The number of primary amides is 1. The SMILES string of the molecule is N#CCC1(n2cc(C(N)=O)c(NC(=O)C3CC3)n2)CCN(Cc2ccc(-c3ccccc3)c(O)c2)CC1. The van der Waals surface area contributed by atoms with E-state index < -0.39 is 11.4 Å². The van der Waals surface area contributed by atoms with Crippen molar-refractivity contribution >= 4 is 17.6 Å². The Labute approximate surface area is 215 Å². The van der Waals surface area contributed by atoms with E-state index in [0.717, 1.165) is 29.5 Å². The van der Waals surface area contributed by atoms with Crippen LogP contribution in [-0.4, -0.2) is 44.7 Å². The summed E-state index contributed by atoms with van der Waals surface area (Å²) in [5.74, 6) is -0.448. The molecular weight excluding hydrogens is 468 g/mol. The van der Waals surface area contributed by atoms with Gasteiger partial charge >= 0.3 is 0 Å². The molecule has 0 unspecified atom stereocenters. The van der Waals surface area contributed by atoms with Crippen LogP contribution in [0.15, 0.2) is 54.7 Å². The molecule has 2 fully saturated rings. The summed E-state index contributed by atoms with van der Waals surface area (Å²) >= 11 is 0. The molecule has 2 aliphatic rings. The zero-order chi connectivity index (χ0) is 26.0. The van der Waals surface area contributed by atoms with Crippen LogP contribution in [0.3, 0.4) is 0 Å². The van der Waals surface area contributed by atoms with Crippen molar-refractivity contribution in [2.24, 2.45) is 11.7 Å². The molecule has 2 aromatic carbocycles. The zero-order valence-corrected chi connectivity index (χ0v) is 20.6. The third-order valence-electron chi connectivity index (χ3n) is 7.40. The first-order valence-corrected chi connectivity index (χ1v) is 12.6. The van der Waals surface area contributed by atoms with Gasteiger partial charge in [-0.05, 0) is 42.9 Å². The van der Waals surface area contributed by atoms with Crippen molar-refractivity contribution in [2.75, 3.05) is 18.4 Å². The second-order valence-corrected chi connectivity index (χ2v) is 10.0. The van der Waals surface area contributed by atoms with Gasteiger partial charge < -0.3 is 16.2 Å². The molecule has 1 saturated heterocycles. The molecule has 2 heterocycles. The van der Waals surface area contributed by atoms with E-state index in [1.165, 1.54) is 0 Å². The Kier molecular flexibility index (Phi) is 6.68. The van der Waals surface area contributed by atoms with Gasteiger partial charge in [-0.3, -0.25) is 19.2 Å². The number of nitrogens with zero attached hydrogens (tertiary/aromatic N) is 4. The largest absolute Gasteiger partial charge is 0.507 e. The van der Waals surface area contributed by atoms with Crippen molar-refractivity contribution in [3.63, 3.8) is 0 Å². The standard InChI is InChI=1S/C28H30N6O3/c29-13-10-28(34-18-23(25(30)36)26(32-34)31-27(37)21-7-8-21)11-14-33(15-12-28)17-19-6-9-22(24(35)16-19)20-4-2-1-3-5-20/h1-6,9,16,18,21,35H,7-8,10-12,14-15,17H2,(H2,30,36)(H,31,32,37). The Morgan fingerprint density at radius 2 is 1.89 bits per heavy atom. The van der Waals surface area contributed by atoms with Gasteiger partial charge in [0.2, 0.25) is 5.91 Å². The van der Waals surface area contributed by atoms with E-state index in [1.54, 1.807) is 16.9 Å². The van der Waals surface area contributed by atoms with E-state index >= 15 is 0 Å². The summed E-state index contributed by atoms with van der Waals surface area (Å²) < 4.78 is 1.66. The van der Waals surface area contributed by atoms with E-state index in [9.17, 15) is 20.0 Å². The maximum Gasteiger partial charge on any atom is 0.254 e. The number of hydrogen-bond donors (Lipinski definition) is 3. The number of rotatable bonds is 8. The number of likely N-dealkylation sites (tertiary alicyclic amines) is 1. The van der Waals surface area contributed by atoms with Crippen molar-refractivity contribution in [2.45, 2.75) is 44.2 Å². The highest BCUT2D eigenvalue weighted by Crippen LogP contribution is 2.36. The molecule has 1 saturated carbocycles. The third kappa shape index (κ3) is 5.20. The molecule has 9 nitrogen and oxygen atoms in total. The van der Waals surface area contributed by atoms with Crippen LogP contribution < -0.4 is 11.1 Å². The fraction of sp³-hybridized carbons (Fsp3) is 0.357. The second-order valence-electron chi connectivity index (χ2n) is 10.0. The average molecular weight is 499 g/mol. The normalized spacial score (nSPS) is 17.2. The Morgan fingerprint density at radius 1 is 1.16 bits per heavy atom. The summed E-state index contributed by atoms with van der Waals surface area (Å²) in [5.41, 5.74) is 7.89. The van der Waals surface area contributed by atoms with Crippen LogP contribution in [0.25, 0.3) is 11.1 Å². The molecular formula is C28H30N6O3. The fourth-order valence-corrected chi connectivity index (χ4v) is 5.01. The molecule has 1 aliphatic heterocycles. The van der Waals surface area contributed by atoms with Gasteiger partial charge in [-0.1, -0.05) is 42.5 Å². The predicted molar refractivity (Wildman–Crippen MR) is 138 cm³/mol. The lowest BCUT2D eigenvalue weighted by Gasteiger charge is -2.40. The first-order chi connectivity index (χ1) is 17.9. The van der Waals surface area contributed by atoms with Crippen LogP contribution in [0, 0.1) is 17.2 Å². The van der Waals surface area contributed by atoms with Crippen LogP contribution in [0.1, 0.15) is 48.0 Å². The maximum atomic E-state index is 12.3. The quantitative estimate of drug-likeness (QED) is 0.434. The number of hydrogen-bond acceptors (Lipinski definition) is 6. The maximum absolute atomic E-state index is 12.3. The molecule has 1 aromatic heterocycles. The third-order valence-corrected chi connectivity index (χ3v) is 7.40.